The van der Waals surface area contributed by atoms with Gasteiger partial charge >= 0.3 is 11.6 Å². The van der Waals surface area contributed by atoms with Crippen molar-refractivity contribution in [2.75, 3.05) is 0 Å². The van der Waals surface area contributed by atoms with E-state index in [1.807, 2.05) is 13.0 Å². The van der Waals surface area contributed by atoms with Gasteiger partial charge in [0, 0.05) is 17.0 Å². The molecule has 7 nitrogen and oxygen atoms in total. The Bertz CT molecular complexity index is 948. The first-order valence-electron chi connectivity index (χ1n) is 9.69. The minimum absolute atomic E-state index is 0.311. The number of carboxylic acids is 1. The molecule has 0 aliphatic heterocycles. The van der Waals surface area contributed by atoms with Crippen molar-refractivity contribution in [3.8, 4) is 5.75 Å². The predicted molar refractivity (Wildman–Crippen MR) is 104 cm³/mol. The van der Waals surface area contributed by atoms with Crippen LogP contribution >= 0.6 is 0 Å². The van der Waals surface area contributed by atoms with E-state index in [0.29, 0.717) is 24.2 Å². The van der Waals surface area contributed by atoms with Crippen LogP contribution in [0, 0.1) is 0 Å². The molecule has 2 N–H and O–H groups in total. The summed E-state index contributed by atoms with van der Waals surface area (Å²) >= 11 is 0. The highest BCUT2D eigenvalue weighted by Crippen LogP contribution is 2.29. The molecular formula is C21H25NO6. The van der Waals surface area contributed by atoms with Crippen LogP contribution in [-0.2, 0) is 22.4 Å². The first kappa shape index (κ1) is 19.9. The van der Waals surface area contributed by atoms with Crippen molar-refractivity contribution < 1.29 is 23.8 Å². The highest BCUT2D eigenvalue weighted by atomic mass is 16.5. The Balaban J connectivity index is 1.78. The van der Waals surface area contributed by atoms with Gasteiger partial charge in [-0.2, -0.15) is 0 Å². The van der Waals surface area contributed by atoms with Crippen LogP contribution in [0.5, 0.6) is 5.75 Å². The smallest absolute Gasteiger partial charge is 0.339 e. The maximum atomic E-state index is 12.3. The van der Waals surface area contributed by atoms with Crippen LogP contribution in [0.3, 0.4) is 0 Å². The molecule has 0 saturated carbocycles. The van der Waals surface area contributed by atoms with Gasteiger partial charge in [0.15, 0.2) is 6.10 Å². The Hall–Kier alpha value is -2.83. The van der Waals surface area contributed by atoms with Gasteiger partial charge in [-0.1, -0.05) is 13.3 Å². The lowest BCUT2D eigenvalue weighted by atomic mass is 9.91. The number of rotatable bonds is 7. The topological polar surface area (TPSA) is 106 Å². The van der Waals surface area contributed by atoms with E-state index < -0.39 is 24.0 Å². The number of carboxylic acid groups (broad SMARTS) is 1. The number of benzene rings is 1. The molecule has 2 atom stereocenters. The molecule has 1 aromatic carbocycles. The third-order valence-corrected chi connectivity index (χ3v) is 5.07. The number of amides is 1. The largest absolute Gasteiger partial charge is 0.481 e. The van der Waals surface area contributed by atoms with Gasteiger partial charge in [-0.05, 0) is 56.7 Å². The Morgan fingerprint density at radius 3 is 2.64 bits per heavy atom. The average molecular weight is 387 g/mol. The second-order valence-corrected chi connectivity index (χ2v) is 7.16. The van der Waals surface area contributed by atoms with Crippen molar-refractivity contribution in [3.05, 3.63) is 39.7 Å². The Morgan fingerprint density at radius 2 is 1.96 bits per heavy atom. The number of aliphatic carboxylic acids is 1. The lowest BCUT2D eigenvalue weighted by Crippen LogP contribution is -2.46. The zero-order chi connectivity index (χ0) is 20.3. The fourth-order valence-corrected chi connectivity index (χ4v) is 3.59. The van der Waals surface area contributed by atoms with E-state index in [2.05, 4.69) is 5.32 Å². The number of hydrogen-bond acceptors (Lipinski definition) is 5. The number of hydrogen-bond donors (Lipinski definition) is 2. The quantitative estimate of drug-likeness (QED) is 0.708. The van der Waals surface area contributed by atoms with Gasteiger partial charge in [-0.15, -0.1) is 0 Å². The van der Waals surface area contributed by atoms with Crippen LogP contribution in [0.1, 0.15) is 50.7 Å². The minimum Gasteiger partial charge on any atom is -0.481 e. The molecular weight excluding hydrogens is 362 g/mol. The third-order valence-electron chi connectivity index (χ3n) is 5.07. The highest BCUT2D eigenvalue weighted by molar-refractivity contribution is 5.86. The van der Waals surface area contributed by atoms with Gasteiger partial charge in [0.2, 0.25) is 0 Å². The molecule has 0 spiro atoms. The number of ether oxygens (including phenoxy) is 1. The van der Waals surface area contributed by atoms with Gasteiger partial charge in [0.05, 0.1) is 0 Å². The lowest BCUT2D eigenvalue weighted by molar-refractivity contribution is -0.143. The van der Waals surface area contributed by atoms with Crippen LogP contribution in [0.2, 0.25) is 0 Å². The zero-order valence-corrected chi connectivity index (χ0v) is 16.1. The Morgan fingerprint density at radius 1 is 1.25 bits per heavy atom. The van der Waals surface area contributed by atoms with Crippen LogP contribution in [-0.4, -0.2) is 29.1 Å². The number of carbonyl (C=O) groups excluding carboxylic acids is 1. The molecule has 0 radical (unpaired) electrons. The Kier molecular flexibility index (Phi) is 6.02. The molecule has 2 aromatic rings. The molecule has 1 aliphatic rings. The molecule has 2 unspecified atom stereocenters. The molecule has 28 heavy (non-hydrogen) atoms. The Labute approximate surface area is 162 Å². The fraction of sp³-hybridized carbons (Fsp3) is 0.476. The van der Waals surface area contributed by atoms with E-state index >= 15 is 0 Å². The van der Waals surface area contributed by atoms with Crippen LogP contribution in [0.4, 0.5) is 0 Å². The maximum Gasteiger partial charge on any atom is 0.339 e. The molecule has 3 rings (SSSR count). The number of aryl methyl sites for hydroxylation is 1. The molecule has 1 amide bonds. The summed E-state index contributed by atoms with van der Waals surface area (Å²) in [5.74, 6) is -1.19. The monoisotopic (exact) mass is 387 g/mol. The number of fused-ring (bicyclic) bond motifs is 3. The first-order chi connectivity index (χ1) is 13.4. The summed E-state index contributed by atoms with van der Waals surface area (Å²) in [5.41, 5.74) is 1.92. The maximum absolute atomic E-state index is 12.3. The summed E-state index contributed by atoms with van der Waals surface area (Å²) < 4.78 is 11.1. The van der Waals surface area contributed by atoms with E-state index in [4.69, 9.17) is 14.3 Å². The number of nitrogens with one attached hydrogen (secondary N) is 1. The van der Waals surface area contributed by atoms with E-state index in [1.54, 1.807) is 19.1 Å². The molecule has 0 fully saturated rings. The van der Waals surface area contributed by atoms with E-state index in [1.165, 1.54) is 0 Å². The van der Waals surface area contributed by atoms with Crippen LogP contribution in [0.25, 0.3) is 11.0 Å². The van der Waals surface area contributed by atoms with E-state index in [9.17, 15) is 14.4 Å². The van der Waals surface area contributed by atoms with Gasteiger partial charge in [-0.25, -0.2) is 9.59 Å². The fourth-order valence-electron chi connectivity index (χ4n) is 3.59. The van der Waals surface area contributed by atoms with Crippen LogP contribution < -0.4 is 15.7 Å². The summed E-state index contributed by atoms with van der Waals surface area (Å²) in [6, 6.07) is 4.25. The van der Waals surface area contributed by atoms with Crippen molar-refractivity contribution in [2.24, 2.45) is 0 Å². The molecule has 7 heteroatoms. The van der Waals surface area contributed by atoms with Gasteiger partial charge < -0.3 is 19.6 Å². The van der Waals surface area contributed by atoms with Crippen molar-refractivity contribution in [1.82, 2.24) is 5.32 Å². The second-order valence-electron chi connectivity index (χ2n) is 7.16. The molecule has 1 aliphatic carbocycles. The summed E-state index contributed by atoms with van der Waals surface area (Å²) in [7, 11) is 0. The van der Waals surface area contributed by atoms with Crippen molar-refractivity contribution in [3.63, 3.8) is 0 Å². The molecule has 0 saturated heterocycles. The lowest BCUT2D eigenvalue weighted by Gasteiger charge is -2.19. The van der Waals surface area contributed by atoms with E-state index in [-0.39, 0.29) is 5.63 Å². The summed E-state index contributed by atoms with van der Waals surface area (Å²) in [4.78, 5) is 35.7. The molecule has 1 aromatic heterocycles. The zero-order valence-electron chi connectivity index (χ0n) is 16.1. The standard InChI is InChI=1S/C21H25NO6/c1-3-6-17(20(24)25)22-19(23)12(2)27-13-9-10-15-14-7-4-5-8-16(14)21(26)28-18(15)11-13/h9-12,17H,3-8H2,1-2H3,(H,22,23)(H,24,25). The normalized spacial score (nSPS) is 15.5. The van der Waals surface area contributed by atoms with Crippen LogP contribution in [0.15, 0.2) is 27.4 Å². The highest BCUT2D eigenvalue weighted by Gasteiger charge is 2.24. The average Bonchev–Trinajstić information content (AvgIpc) is 2.67. The third kappa shape index (κ3) is 4.18. The minimum atomic E-state index is -1.07. The van der Waals surface area contributed by atoms with Gasteiger partial charge in [0.25, 0.3) is 5.91 Å². The van der Waals surface area contributed by atoms with E-state index in [0.717, 1.165) is 42.2 Å². The van der Waals surface area contributed by atoms with Crippen molar-refractivity contribution in [2.45, 2.75) is 64.5 Å². The molecule has 150 valence electrons. The predicted octanol–water partition coefficient (Wildman–Crippen LogP) is 2.81. The molecule has 0 bridgehead atoms. The first-order valence-corrected chi connectivity index (χ1v) is 9.69. The van der Waals surface area contributed by atoms with Gasteiger partial charge in [-0.3, -0.25) is 4.79 Å². The summed E-state index contributed by atoms with van der Waals surface area (Å²) in [5, 5.41) is 12.6. The van der Waals surface area contributed by atoms with Crippen molar-refractivity contribution in [1.29, 1.82) is 0 Å². The van der Waals surface area contributed by atoms with Gasteiger partial charge in [0.1, 0.15) is 17.4 Å². The summed E-state index contributed by atoms with van der Waals surface area (Å²) in [6.45, 7) is 3.40. The molecule has 1 heterocycles. The van der Waals surface area contributed by atoms with Crippen molar-refractivity contribution >= 4 is 22.8 Å². The second kappa shape index (κ2) is 8.46. The SMILES string of the molecule is CCCC(NC(=O)C(C)Oc1ccc2c3c(c(=O)oc2c1)CCCC3)C(=O)O. The summed E-state index contributed by atoms with van der Waals surface area (Å²) in [6.07, 6.45) is 3.73. The number of carbonyl (C=O) groups is 2.